The van der Waals surface area contributed by atoms with E-state index < -0.39 is 10.8 Å². The van der Waals surface area contributed by atoms with E-state index >= 15 is 0 Å². The largest absolute Gasteiger partial charge is 0.493 e. The third-order valence-electron chi connectivity index (χ3n) is 5.20. The predicted molar refractivity (Wildman–Crippen MR) is 132 cm³/mol. The van der Waals surface area contributed by atoms with Crippen LogP contribution in [-0.2, 0) is 4.79 Å². The average molecular weight is 506 g/mol. The van der Waals surface area contributed by atoms with Gasteiger partial charge < -0.3 is 28.8 Å². The summed E-state index contributed by atoms with van der Waals surface area (Å²) < 4.78 is 27.0. The Hall–Kier alpha value is -5.13. The molecule has 12 heteroatoms. The van der Waals surface area contributed by atoms with Gasteiger partial charge in [0.1, 0.15) is 5.75 Å². The maximum atomic E-state index is 12.5. The first-order valence-corrected chi connectivity index (χ1v) is 10.8. The molecule has 0 aliphatic heterocycles. The minimum atomic E-state index is -0.516. The number of methoxy groups -OCH3 is 3. The van der Waals surface area contributed by atoms with Gasteiger partial charge in [-0.3, -0.25) is 14.9 Å². The van der Waals surface area contributed by atoms with Crippen LogP contribution >= 0.6 is 0 Å². The SMILES string of the molecule is COc1cc(-c2noc(-c3ccccc3NC(=O)COc3ccc([N+](=O)[O-])cc3)n2)cc(OC)c1OC. The fourth-order valence-electron chi connectivity index (χ4n) is 3.44. The molecule has 190 valence electrons. The minimum Gasteiger partial charge on any atom is -0.493 e. The number of benzene rings is 3. The first-order valence-electron chi connectivity index (χ1n) is 10.8. The maximum Gasteiger partial charge on any atom is 0.269 e. The molecule has 12 nitrogen and oxygen atoms in total. The van der Waals surface area contributed by atoms with E-state index in [0.29, 0.717) is 39.8 Å². The van der Waals surface area contributed by atoms with Crippen molar-refractivity contribution in [2.75, 3.05) is 33.3 Å². The number of nitrogens with one attached hydrogen (secondary N) is 1. The molecule has 0 aliphatic carbocycles. The van der Waals surface area contributed by atoms with E-state index in [1.807, 2.05) is 0 Å². The molecule has 0 saturated carbocycles. The molecule has 0 fully saturated rings. The molecular weight excluding hydrogens is 484 g/mol. The standard InChI is InChI=1S/C25H22N4O8/c1-33-20-12-15(13-21(34-2)23(20)35-3)24-27-25(37-28-24)18-6-4-5-7-19(18)26-22(30)14-36-17-10-8-16(9-11-17)29(31)32/h4-13H,14H2,1-3H3,(H,26,30). The van der Waals surface area contributed by atoms with Gasteiger partial charge in [-0.1, -0.05) is 17.3 Å². The van der Waals surface area contributed by atoms with Crippen LogP contribution in [0.3, 0.4) is 0 Å². The van der Waals surface area contributed by atoms with Crippen molar-refractivity contribution >= 4 is 17.3 Å². The molecule has 4 aromatic rings. The molecule has 4 rings (SSSR count). The molecule has 0 saturated heterocycles. The van der Waals surface area contributed by atoms with Crippen molar-refractivity contribution in [2.24, 2.45) is 0 Å². The van der Waals surface area contributed by atoms with Crippen molar-refractivity contribution in [1.82, 2.24) is 10.1 Å². The van der Waals surface area contributed by atoms with E-state index in [1.54, 1.807) is 36.4 Å². The van der Waals surface area contributed by atoms with Crippen LogP contribution in [0.5, 0.6) is 23.0 Å². The van der Waals surface area contributed by atoms with Crippen LogP contribution < -0.4 is 24.3 Å². The monoisotopic (exact) mass is 506 g/mol. The van der Waals surface area contributed by atoms with Gasteiger partial charge in [0, 0.05) is 17.7 Å². The van der Waals surface area contributed by atoms with E-state index in [9.17, 15) is 14.9 Å². The number of rotatable bonds is 10. The van der Waals surface area contributed by atoms with Crippen LogP contribution in [0.1, 0.15) is 0 Å². The lowest BCUT2D eigenvalue weighted by molar-refractivity contribution is -0.384. The van der Waals surface area contributed by atoms with Crippen molar-refractivity contribution in [3.05, 3.63) is 70.8 Å². The van der Waals surface area contributed by atoms with Crippen LogP contribution in [0, 0.1) is 10.1 Å². The second-order valence-corrected chi connectivity index (χ2v) is 7.47. The number of nitro groups is 1. The van der Waals surface area contributed by atoms with Gasteiger partial charge in [0.25, 0.3) is 17.5 Å². The number of para-hydroxylation sites is 1. The number of carbonyl (C=O) groups excluding carboxylic acids is 1. The summed E-state index contributed by atoms with van der Waals surface area (Å²) >= 11 is 0. The van der Waals surface area contributed by atoms with E-state index in [-0.39, 0.29) is 24.0 Å². The lowest BCUT2D eigenvalue weighted by Crippen LogP contribution is -2.20. The molecule has 0 unspecified atom stereocenters. The highest BCUT2D eigenvalue weighted by Gasteiger charge is 2.19. The fraction of sp³-hybridized carbons (Fsp3) is 0.160. The lowest BCUT2D eigenvalue weighted by Gasteiger charge is -2.12. The third-order valence-corrected chi connectivity index (χ3v) is 5.20. The second kappa shape index (κ2) is 11.1. The third kappa shape index (κ3) is 5.59. The summed E-state index contributed by atoms with van der Waals surface area (Å²) in [5, 5.41) is 17.6. The van der Waals surface area contributed by atoms with Gasteiger partial charge >= 0.3 is 0 Å². The first kappa shape index (κ1) is 25.0. The number of hydrogen-bond donors (Lipinski definition) is 1. The van der Waals surface area contributed by atoms with Gasteiger partial charge in [-0.25, -0.2) is 0 Å². The Morgan fingerprint density at radius 1 is 1.00 bits per heavy atom. The molecule has 0 bridgehead atoms. The molecule has 0 aliphatic rings. The number of ether oxygens (including phenoxy) is 4. The summed E-state index contributed by atoms with van der Waals surface area (Å²) in [5.74, 6) is 1.62. The van der Waals surface area contributed by atoms with E-state index in [4.69, 9.17) is 23.5 Å². The van der Waals surface area contributed by atoms with Crippen LogP contribution in [0.2, 0.25) is 0 Å². The fourth-order valence-corrected chi connectivity index (χ4v) is 3.44. The Labute approximate surface area is 210 Å². The van der Waals surface area contributed by atoms with E-state index in [1.165, 1.54) is 45.6 Å². The number of anilines is 1. The van der Waals surface area contributed by atoms with Crippen molar-refractivity contribution in [3.63, 3.8) is 0 Å². The van der Waals surface area contributed by atoms with Gasteiger partial charge in [0.15, 0.2) is 18.1 Å². The predicted octanol–water partition coefficient (Wildman–Crippen LogP) is 4.36. The molecule has 3 aromatic carbocycles. The second-order valence-electron chi connectivity index (χ2n) is 7.47. The Balaban J connectivity index is 1.51. The minimum absolute atomic E-state index is 0.0730. The lowest BCUT2D eigenvalue weighted by atomic mass is 10.1. The zero-order valence-corrected chi connectivity index (χ0v) is 20.1. The summed E-state index contributed by atoms with van der Waals surface area (Å²) in [4.78, 5) is 27.2. The molecule has 0 atom stereocenters. The van der Waals surface area contributed by atoms with Crippen LogP contribution in [0.4, 0.5) is 11.4 Å². The van der Waals surface area contributed by atoms with Crippen molar-refractivity contribution < 1.29 is 33.2 Å². The summed E-state index contributed by atoms with van der Waals surface area (Å²) in [6, 6.07) is 15.7. The van der Waals surface area contributed by atoms with Gasteiger partial charge in [0.2, 0.25) is 11.6 Å². The molecule has 0 radical (unpaired) electrons. The zero-order valence-electron chi connectivity index (χ0n) is 20.1. The summed E-state index contributed by atoms with van der Waals surface area (Å²) in [6.07, 6.45) is 0. The number of non-ortho nitro benzene ring substituents is 1. The van der Waals surface area contributed by atoms with Crippen molar-refractivity contribution in [1.29, 1.82) is 0 Å². The normalized spacial score (nSPS) is 10.5. The van der Waals surface area contributed by atoms with Gasteiger partial charge in [0.05, 0.1) is 37.5 Å². The van der Waals surface area contributed by atoms with E-state index in [0.717, 1.165) is 0 Å². The van der Waals surface area contributed by atoms with Crippen LogP contribution in [0.15, 0.2) is 65.2 Å². The van der Waals surface area contributed by atoms with Crippen LogP contribution in [-0.4, -0.2) is 48.9 Å². The molecule has 1 heterocycles. The highest BCUT2D eigenvalue weighted by Crippen LogP contribution is 2.41. The van der Waals surface area contributed by atoms with E-state index in [2.05, 4.69) is 15.5 Å². The van der Waals surface area contributed by atoms with Gasteiger partial charge in [-0.2, -0.15) is 4.98 Å². The first-order chi connectivity index (χ1) is 17.9. The maximum absolute atomic E-state index is 12.5. The number of nitro benzene ring substituents is 1. The summed E-state index contributed by atoms with van der Waals surface area (Å²) in [6.45, 7) is -0.313. The number of amides is 1. The molecule has 1 amide bonds. The zero-order chi connectivity index (χ0) is 26.4. The molecule has 37 heavy (non-hydrogen) atoms. The van der Waals surface area contributed by atoms with Crippen molar-refractivity contribution in [2.45, 2.75) is 0 Å². The summed E-state index contributed by atoms with van der Waals surface area (Å²) in [5.41, 5.74) is 1.43. The Bertz CT molecular complexity index is 1390. The topological polar surface area (TPSA) is 148 Å². The quantitative estimate of drug-likeness (QED) is 0.243. The number of nitrogens with zero attached hydrogens (tertiary/aromatic N) is 3. The smallest absolute Gasteiger partial charge is 0.269 e. The highest BCUT2D eigenvalue weighted by molar-refractivity contribution is 5.95. The number of hydrogen-bond acceptors (Lipinski definition) is 10. The summed E-state index contributed by atoms with van der Waals surface area (Å²) in [7, 11) is 4.52. The molecule has 0 spiro atoms. The van der Waals surface area contributed by atoms with Gasteiger partial charge in [-0.05, 0) is 36.4 Å². The molecular formula is C25H22N4O8. The Morgan fingerprint density at radius 2 is 1.68 bits per heavy atom. The van der Waals surface area contributed by atoms with Crippen molar-refractivity contribution in [3.8, 4) is 45.8 Å². The average Bonchev–Trinajstić information content (AvgIpc) is 3.41. The number of aromatic nitrogens is 2. The Morgan fingerprint density at radius 3 is 2.30 bits per heavy atom. The van der Waals surface area contributed by atoms with Crippen LogP contribution in [0.25, 0.3) is 22.8 Å². The number of carbonyl (C=O) groups is 1. The molecule has 1 N–H and O–H groups in total. The van der Waals surface area contributed by atoms with Gasteiger partial charge in [-0.15, -0.1) is 0 Å². The highest BCUT2D eigenvalue weighted by atomic mass is 16.6. The Kier molecular flexibility index (Phi) is 7.48. The molecule has 1 aromatic heterocycles.